The van der Waals surface area contributed by atoms with Gasteiger partial charge >= 0.3 is 0 Å². The van der Waals surface area contributed by atoms with Crippen LogP contribution in [0.25, 0.3) is 0 Å². The largest absolute Gasteiger partial charge is 0.496 e. The predicted octanol–water partition coefficient (Wildman–Crippen LogP) is 3.34. The second-order valence-electron chi connectivity index (χ2n) is 4.45. The third kappa shape index (κ3) is 3.56. The molecule has 2 aromatic rings. The summed E-state index contributed by atoms with van der Waals surface area (Å²) in [5, 5.41) is 0. The van der Waals surface area contributed by atoms with Gasteiger partial charge in [-0.15, -0.1) is 0 Å². The summed E-state index contributed by atoms with van der Waals surface area (Å²) in [6, 6.07) is 12.2. The van der Waals surface area contributed by atoms with E-state index in [0.717, 1.165) is 21.3 Å². The van der Waals surface area contributed by atoms with E-state index in [1.165, 1.54) is 12.1 Å². The molecule has 0 bridgehead atoms. The maximum atomic E-state index is 13.2. The molecule has 0 spiro atoms. The van der Waals surface area contributed by atoms with Crippen LogP contribution in [0, 0.1) is 5.82 Å². The molecular weight excluding hydrogens is 323 g/mol. The van der Waals surface area contributed by atoms with Gasteiger partial charge in [-0.05, 0) is 57.7 Å². The molecule has 0 saturated carbocycles. The standard InChI is InChI=1S/C15H16BrFN2O/c1-20-15-6-5-11(9-13(15)16)14(19-18)8-10-3-2-4-12(17)7-10/h2-7,9,14,19H,8,18H2,1H3. The van der Waals surface area contributed by atoms with Crippen molar-refractivity contribution in [2.45, 2.75) is 12.5 Å². The first-order chi connectivity index (χ1) is 9.63. The number of nitrogens with two attached hydrogens (primary N) is 1. The molecule has 3 nitrogen and oxygen atoms in total. The van der Waals surface area contributed by atoms with Gasteiger partial charge in [0.05, 0.1) is 17.6 Å². The smallest absolute Gasteiger partial charge is 0.133 e. The van der Waals surface area contributed by atoms with E-state index in [-0.39, 0.29) is 11.9 Å². The lowest BCUT2D eigenvalue weighted by atomic mass is 9.99. The molecule has 5 heteroatoms. The van der Waals surface area contributed by atoms with Crippen molar-refractivity contribution in [1.82, 2.24) is 5.43 Å². The molecule has 0 radical (unpaired) electrons. The number of rotatable bonds is 5. The Kier molecular flexibility index (Phi) is 5.11. The third-order valence-corrected chi connectivity index (χ3v) is 3.73. The van der Waals surface area contributed by atoms with Gasteiger partial charge in [0.15, 0.2) is 0 Å². The third-order valence-electron chi connectivity index (χ3n) is 3.11. The van der Waals surface area contributed by atoms with Crippen LogP contribution in [0.4, 0.5) is 4.39 Å². The summed E-state index contributed by atoms with van der Waals surface area (Å²) < 4.78 is 19.3. The van der Waals surface area contributed by atoms with Crippen molar-refractivity contribution in [1.29, 1.82) is 0 Å². The molecule has 0 aliphatic heterocycles. The van der Waals surface area contributed by atoms with E-state index in [1.54, 1.807) is 13.2 Å². The number of ether oxygens (including phenoxy) is 1. The second-order valence-corrected chi connectivity index (χ2v) is 5.30. The lowest BCUT2D eigenvalue weighted by Gasteiger charge is -2.17. The van der Waals surface area contributed by atoms with Gasteiger partial charge in [0.2, 0.25) is 0 Å². The first kappa shape index (κ1) is 15.0. The average Bonchev–Trinajstić information content (AvgIpc) is 2.44. The van der Waals surface area contributed by atoms with E-state index in [0.29, 0.717) is 6.42 Å². The summed E-state index contributed by atoms with van der Waals surface area (Å²) in [7, 11) is 1.62. The van der Waals surface area contributed by atoms with E-state index < -0.39 is 0 Å². The summed E-state index contributed by atoms with van der Waals surface area (Å²) >= 11 is 3.45. The second kappa shape index (κ2) is 6.83. The predicted molar refractivity (Wildman–Crippen MR) is 80.9 cm³/mol. The van der Waals surface area contributed by atoms with Crippen LogP contribution < -0.4 is 16.0 Å². The van der Waals surface area contributed by atoms with Crippen molar-refractivity contribution in [3.63, 3.8) is 0 Å². The van der Waals surface area contributed by atoms with Crippen LogP contribution in [0.15, 0.2) is 46.9 Å². The van der Waals surface area contributed by atoms with Crippen LogP contribution in [0.2, 0.25) is 0 Å². The van der Waals surface area contributed by atoms with Crippen LogP contribution in [0.1, 0.15) is 17.2 Å². The van der Waals surface area contributed by atoms with Crippen LogP contribution in [-0.2, 0) is 6.42 Å². The lowest BCUT2D eigenvalue weighted by Crippen LogP contribution is -2.29. The fraction of sp³-hybridized carbons (Fsp3) is 0.200. The minimum atomic E-state index is -0.241. The molecule has 0 aliphatic carbocycles. The summed E-state index contributed by atoms with van der Waals surface area (Å²) in [4.78, 5) is 0. The van der Waals surface area contributed by atoms with Crippen LogP contribution in [0.3, 0.4) is 0 Å². The van der Waals surface area contributed by atoms with Crippen molar-refractivity contribution in [2.24, 2.45) is 5.84 Å². The number of hydrogen-bond donors (Lipinski definition) is 2. The van der Waals surface area contributed by atoms with Crippen molar-refractivity contribution >= 4 is 15.9 Å². The molecule has 0 fully saturated rings. The van der Waals surface area contributed by atoms with Crippen LogP contribution in [0.5, 0.6) is 5.75 Å². The van der Waals surface area contributed by atoms with Gasteiger partial charge in [-0.25, -0.2) is 4.39 Å². The highest BCUT2D eigenvalue weighted by molar-refractivity contribution is 9.10. The maximum Gasteiger partial charge on any atom is 0.133 e. The molecule has 0 saturated heterocycles. The number of hydrazine groups is 1. The monoisotopic (exact) mass is 338 g/mol. The Balaban J connectivity index is 2.22. The summed E-state index contributed by atoms with van der Waals surface area (Å²) in [5.41, 5.74) is 4.66. The highest BCUT2D eigenvalue weighted by Gasteiger charge is 2.13. The zero-order valence-corrected chi connectivity index (χ0v) is 12.7. The van der Waals surface area contributed by atoms with E-state index >= 15 is 0 Å². The van der Waals surface area contributed by atoms with Crippen LogP contribution in [-0.4, -0.2) is 7.11 Å². The minimum Gasteiger partial charge on any atom is -0.496 e. The number of methoxy groups -OCH3 is 1. The molecule has 0 aromatic heterocycles. The zero-order valence-electron chi connectivity index (χ0n) is 11.1. The molecule has 1 atom stereocenters. The van der Waals surface area contributed by atoms with Crippen molar-refractivity contribution in [2.75, 3.05) is 7.11 Å². The van der Waals surface area contributed by atoms with Gasteiger partial charge in [0, 0.05) is 0 Å². The Labute approximate surface area is 126 Å². The Bertz CT molecular complexity index is 592. The number of benzene rings is 2. The molecule has 3 N–H and O–H groups in total. The Morgan fingerprint density at radius 3 is 2.70 bits per heavy atom. The molecule has 2 aromatic carbocycles. The summed E-state index contributed by atoms with van der Waals surface area (Å²) in [5.74, 6) is 6.14. The lowest BCUT2D eigenvalue weighted by molar-refractivity contribution is 0.411. The average molecular weight is 339 g/mol. The van der Waals surface area contributed by atoms with Crippen LogP contribution >= 0.6 is 15.9 Å². The Hall–Kier alpha value is -1.43. The van der Waals surface area contributed by atoms with E-state index in [1.807, 2.05) is 24.3 Å². The first-order valence-corrected chi connectivity index (χ1v) is 6.97. The topological polar surface area (TPSA) is 47.3 Å². The molecule has 0 heterocycles. The molecule has 106 valence electrons. The number of halogens is 2. The SMILES string of the molecule is COc1ccc(C(Cc2cccc(F)c2)NN)cc1Br. The Morgan fingerprint density at radius 1 is 1.30 bits per heavy atom. The molecule has 0 aliphatic rings. The number of nitrogens with one attached hydrogen (secondary N) is 1. The maximum absolute atomic E-state index is 13.2. The fourth-order valence-electron chi connectivity index (χ4n) is 2.07. The van der Waals surface area contributed by atoms with E-state index in [9.17, 15) is 4.39 Å². The molecule has 1 unspecified atom stereocenters. The van der Waals surface area contributed by atoms with Crippen molar-refractivity contribution in [3.8, 4) is 5.75 Å². The van der Waals surface area contributed by atoms with E-state index in [2.05, 4.69) is 21.4 Å². The first-order valence-electron chi connectivity index (χ1n) is 6.18. The number of hydrogen-bond acceptors (Lipinski definition) is 3. The fourth-order valence-corrected chi connectivity index (χ4v) is 2.63. The van der Waals surface area contributed by atoms with Gasteiger partial charge in [-0.3, -0.25) is 11.3 Å². The quantitative estimate of drug-likeness (QED) is 0.649. The van der Waals surface area contributed by atoms with E-state index in [4.69, 9.17) is 10.6 Å². The zero-order chi connectivity index (χ0) is 14.5. The van der Waals surface area contributed by atoms with Gasteiger partial charge in [-0.2, -0.15) is 0 Å². The molecule has 2 rings (SSSR count). The van der Waals surface area contributed by atoms with Gasteiger partial charge in [-0.1, -0.05) is 18.2 Å². The summed E-state index contributed by atoms with van der Waals surface area (Å²) in [6.45, 7) is 0. The highest BCUT2D eigenvalue weighted by atomic mass is 79.9. The normalized spacial score (nSPS) is 12.2. The molecule has 0 amide bonds. The molecule has 20 heavy (non-hydrogen) atoms. The van der Waals surface area contributed by atoms with Gasteiger partial charge in [0.1, 0.15) is 11.6 Å². The van der Waals surface area contributed by atoms with Gasteiger partial charge in [0.25, 0.3) is 0 Å². The van der Waals surface area contributed by atoms with Gasteiger partial charge < -0.3 is 4.74 Å². The summed E-state index contributed by atoms with van der Waals surface area (Å²) in [6.07, 6.45) is 0.604. The molecular formula is C15H16BrFN2O. The minimum absolute atomic E-state index is 0.0981. The Morgan fingerprint density at radius 2 is 2.10 bits per heavy atom. The van der Waals surface area contributed by atoms with Crippen molar-refractivity contribution < 1.29 is 9.13 Å². The van der Waals surface area contributed by atoms with Crippen molar-refractivity contribution in [3.05, 3.63) is 63.9 Å². The highest BCUT2D eigenvalue weighted by Crippen LogP contribution is 2.29.